The molecule has 154 valence electrons. The van der Waals surface area contributed by atoms with Gasteiger partial charge < -0.3 is 10.1 Å². The van der Waals surface area contributed by atoms with Crippen molar-refractivity contribution in [2.45, 2.75) is 26.2 Å². The van der Waals surface area contributed by atoms with Crippen LogP contribution in [0.2, 0.25) is 0 Å². The SMILES string of the molecule is COC(=O)c1c(-c2ccccc2)csc1NC(=O)/C=C/c1ccc(C(C)(C)C)cc1. The highest BCUT2D eigenvalue weighted by atomic mass is 32.1. The number of anilines is 1. The van der Waals surface area contributed by atoms with Gasteiger partial charge in [0, 0.05) is 17.0 Å². The molecule has 0 unspecified atom stereocenters. The Balaban J connectivity index is 1.79. The second-order valence-corrected chi connectivity index (χ2v) is 8.79. The number of carbonyl (C=O) groups excluding carboxylic acids is 2. The molecule has 0 aliphatic heterocycles. The molecule has 0 aliphatic carbocycles. The third-order valence-corrected chi connectivity index (χ3v) is 5.60. The van der Waals surface area contributed by atoms with Crippen molar-refractivity contribution in [2.75, 3.05) is 12.4 Å². The number of amides is 1. The molecule has 0 fully saturated rings. The molecule has 3 aromatic rings. The zero-order chi connectivity index (χ0) is 21.7. The van der Waals surface area contributed by atoms with Crippen LogP contribution in [0.4, 0.5) is 5.00 Å². The van der Waals surface area contributed by atoms with Crippen LogP contribution < -0.4 is 5.32 Å². The molecule has 0 spiro atoms. The van der Waals surface area contributed by atoms with Crippen LogP contribution in [0.5, 0.6) is 0 Å². The van der Waals surface area contributed by atoms with E-state index in [1.54, 1.807) is 6.08 Å². The number of hydrogen-bond acceptors (Lipinski definition) is 4. The summed E-state index contributed by atoms with van der Waals surface area (Å²) in [5, 5.41) is 5.14. The first-order valence-corrected chi connectivity index (χ1v) is 10.5. The van der Waals surface area contributed by atoms with Crippen molar-refractivity contribution in [1.29, 1.82) is 0 Å². The van der Waals surface area contributed by atoms with Crippen molar-refractivity contribution >= 4 is 34.3 Å². The average Bonchev–Trinajstić information content (AvgIpc) is 3.15. The van der Waals surface area contributed by atoms with Gasteiger partial charge in [0.1, 0.15) is 10.6 Å². The number of thiophene rings is 1. The molecule has 1 N–H and O–H groups in total. The highest BCUT2D eigenvalue weighted by Gasteiger charge is 2.21. The maximum atomic E-state index is 12.5. The Morgan fingerprint density at radius 2 is 1.67 bits per heavy atom. The summed E-state index contributed by atoms with van der Waals surface area (Å²) < 4.78 is 4.95. The van der Waals surface area contributed by atoms with E-state index in [0.717, 1.165) is 16.7 Å². The van der Waals surface area contributed by atoms with Gasteiger partial charge in [-0.3, -0.25) is 4.79 Å². The van der Waals surface area contributed by atoms with Crippen LogP contribution in [-0.4, -0.2) is 19.0 Å². The van der Waals surface area contributed by atoms with Crippen LogP contribution in [0.3, 0.4) is 0 Å². The molecule has 0 saturated carbocycles. The molecule has 1 amide bonds. The lowest BCUT2D eigenvalue weighted by Gasteiger charge is -2.18. The largest absolute Gasteiger partial charge is 0.465 e. The topological polar surface area (TPSA) is 55.4 Å². The van der Waals surface area contributed by atoms with Crippen LogP contribution in [-0.2, 0) is 14.9 Å². The molecule has 2 aromatic carbocycles. The Hall–Kier alpha value is -3.18. The van der Waals surface area contributed by atoms with Gasteiger partial charge in [-0.15, -0.1) is 11.3 Å². The highest BCUT2D eigenvalue weighted by Crippen LogP contribution is 2.36. The van der Waals surface area contributed by atoms with Crippen molar-refractivity contribution < 1.29 is 14.3 Å². The van der Waals surface area contributed by atoms with E-state index in [1.807, 2.05) is 47.8 Å². The molecule has 0 bridgehead atoms. The van der Waals surface area contributed by atoms with Gasteiger partial charge in [-0.25, -0.2) is 4.79 Å². The molecular weight excluding hydrogens is 394 g/mol. The standard InChI is InChI=1S/C25H25NO3S/c1-25(2,3)19-13-10-17(11-14-19)12-15-21(27)26-23-22(24(28)29-4)20(16-30-23)18-8-6-5-7-9-18/h5-16H,1-4H3,(H,26,27)/b15-12+. The third kappa shape index (κ3) is 5.05. The lowest BCUT2D eigenvalue weighted by atomic mass is 9.87. The Labute approximate surface area is 181 Å². The van der Waals surface area contributed by atoms with E-state index in [-0.39, 0.29) is 11.3 Å². The summed E-state index contributed by atoms with van der Waals surface area (Å²) in [6, 6.07) is 17.7. The first kappa shape index (κ1) is 21.5. The van der Waals surface area contributed by atoms with E-state index in [2.05, 4.69) is 38.2 Å². The molecule has 0 atom stereocenters. The summed E-state index contributed by atoms with van der Waals surface area (Å²) in [7, 11) is 1.33. The average molecular weight is 420 g/mol. The molecule has 0 radical (unpaired) electrons. The predicted octanol–water partition coefficient (Wildman–Crippen LogP) is 6.15. The summed E-state index contributed by atoms with van der Waals surface area (Å²) in [5.74, 6) is -0.784. The van der Waals surface area contributed by atoms with Gasteiger partial charge in [-0.1, -0.05) is 75.4 Å². The first-order valence-electron chi connectivity index (χ1n) is 9.64. The van der Waals surface area contributed by atoms with Crippen molar-refractivity contribution in [2.24, 2.45) is 0 Å². The Morgan fingerprint density at radius 3 is 2.27 bits per heavy atom. The number of ether oxygens (including phenoxy) is 1. The number of carbonyl (C=O) groups is 2. The second-order valence-electron chi connectivity index (χ2n) is 7.91. The fourth-order valence-corrected chi connectivity index (χ4v) is 3.96. The Kier molecular flexibility index (Phi) is 6.53. The van der Waals surface area contributed by atoms with Crippen LogP contribution in [0.25, 0.3) is 17.2 Å². The maximum Gasteiger partial charge on any atom is 0.341 e. The Bertz CT molecular complexity index is 1060. The van der Waals surface area contributed by atoms with Crippen LogP contribution in [0.1, 0.15) is 42.3 Å². The van der Waals surface area contributed by atoms with Gasteiger partial charge in [-0.05, 0) is 28.2 Å². The lowest BCUT2D eigenvalue weighted by Crippen LogP contribution is -2.11. The third-order valence-electron chi connectivity index (χ3n) is 4.71. The van der Waals surface area contributed by atoms with Crippen molar-refractivity contribution in [3.05, 3.63) is 82.7 Å². The predicted molar refractivity (Wildman–Crippen MR) is 124 cm³/mol. The van der Waals surface area contributed by atoms with E-state index in [4.69, 9.17) is 4.74 Å². The summed E-state index contributed by atoms with van der Waals surface area (Å²) in [4.78, 5) is 24.9. The van der Waals surface area contributed by atoms with Gasteiger partial charge in [0.15, 0.2) is 0 Å². The smallest absolute Gasteiger partial charge is 0.341 e. The molecule has 5 heteroatoms. The van der Waals surface area contributed by atoms with Crippen LogP contribution in [0.15, 0.2) is 66.1 Å². The summed E-state index contributed by atoms with van der Waals surface area (Å²) in [5.41, 5.74) is 4.25. The van der Waals surface area contributed by atoms with Crippen molar-refractivity contribution in [1.82, 2.24) is 0 Å². The van der Waals surface area contributed by atoms with Crippen molar-refractivity contribution in [3.63, 3.8) is 0 Å². The minimum Gasteiger partial charge on any atom is -0.465 e. The first-order chi connectivity index (χ1) is 14.3. The van der Waals surface area contributed by atoms with Gasteiger partial charge >= 0.3 is 5.97 Å². The zero-order valence-electron chi connectivity index (χ0n) is 17.6. The number of nitrogens with one attached hydrogen (secondary N) is 1. The zero-order valence-corrected chi connectivity index (χ0v) is 18.4. The summed E-state index contributed by atoms with van der Waals surface area (Å²) in [6.07, 6.45) is 3.22. The molecule has 4 nitrogen and oxygen atoms in total. The molecule has 30 heavy (non-hydrogen) atoms. The van der Waals surface area contributed by atoms with E-state index < -0.39 is 5.97 Å². The number of esters is 1. The van der Waals surface area contributed by atoms with E-state index in [9.17, 15) is 9.59 Å². The van der Waals surface area contributed by atoms with E-state index in [0.29, 0.717) is 10.6 Å². The maximum absolute atomic E-state index is 12.5. The highest BCUT2D eigenvalue weighted by molar-refractivity contribution is 7.15. The summed E-state index contributed by atoms with van der Waals surface area (Å²) >= 11 is 1.30. The van der Waals surface area contributed by atoms with Crippen molar-refractivity contribution in [3.8, 4) is 11.1 Å². The van der Waals surface area contributed by atoms with E-state index >= 15 is 0 Å². The second kappa shape index (κ2) is 9.09. The summed E-state index contributed by atoms with van der Waals surface area (Å²) in [6.45, 7) is 6.48. The normalized spacial score (nSPS) is 11.5. The monoisotopic (exact) mass is 419 g/mol. The van der Waals surface area contributed by atoms with Gasteiger partial charge in [0.25, 0.3) is 0 Å². The molecular formula is C25H25NO3S. The molecule has 1 heterocycles. The minimum atomic E-state index is -0.479. The molecule has 1 aromatic heterocycles. The van der Waals surface area contributed by atoms with Crippen LogP contribution >= 0.6 is 11.3 Å². The number of hydrogen-bond donors (Lipinski definition) is 1. The number of rotatable bonds is 5. The van der Waals surface area contributed by atoms with Gasteiger partial charge in [-0.2, -0.15) is 0 Å². The minimum absolute atomic E-state index is 0.0829. The molecule has 0 aliphatic rings. The van der Waals surface area contributed by atoms with Gasteiger partial charge in [0.2, 0.25) is 5.91 Å². The fourth-order valence-electron chi connectivity index (χ4n) is 3.00. The van der Waals surface area contributed by atoms with Crippen LogP contribution in [0, 0.1) is 0 Å². The molecule has 0 saturated heterocycles. The van der Waals surface area contributed by atoms with E-state index in [1.165, 1.54) is 30.1 Å². The molecule has 3 rings (SSSR count). The number of methoxy groups -OCH3 is 1. The fraction of sp³-hybridized carbons (Fsp3) is 0.200. The number of benzene rings is 2. The van der Waals surface area contributed by atoms with Gasteiger partial charge in [0.05, 0.1) is 7.11 Å². The Morgan fingerprint density at radius 1 is 1.00 bits per heavy atom. The lowest BCUT2D eigenvalue weighted by molar-refractivity contribution is -0.111. The quantitative estimate of drug-likeness (QED) is 0.398.